The van der Waals surface area contributed by atoms with E-state index in [1.54, 1.807) is 4.90 Å². The lowest BCUT2D eigenvalue weighted by atomic mass is 9.93. The standard InChI is InChI=1S/C15H25N5O/c1-19(11-14-18-17-13-3-2-10-20(13)14)15(21)5-4-12-6-8-16-9-7-12/h12,16H,2-11H2,1H3. The van der Waals surface area contributed by atoms with Crippen molar-refractivity contribution in [1.82, 2.24) is 25.0 Å². The Kier molecular flexibility index (Phi) is 4.53. The van der Waals surface area contributed by atoms with Gasteiger partial charge in [0.1, 0.15) is 5.82 Å². The Labute approximate surface area is 125 Å². The molecule has 1 N–H and O–H groups in total. The predicted molar refractivity (Wildman–Crippen MR) is 79.6 cm³/mol. The Morgan fingerprint density at radius 3 is 3.00 bits per heavy atom. The Bertz CT molecular complexity index is 492. The van der Waals surface area contributed by atoms with Gasteiger partial charge in [0.15, 0.2) is 5.82 Å². The molecule has 116 valence electrons. The Balaban J connectivity index is 1.47. The first kappa shape index (κ1) is 14.5. The zero-order valence-electron chi connectivity index (χ0n) is 12.8. The number of nitrogens with one attached hydrogen (secondary N) is 1. The largest absolute Gasteiger partial charge is 0.338 e. The first-order valence-electron chi connectivity index (χ1n) is 8.09. The lowest BCUT2D eigenvalue weighted by Crippen LogP contribution is -2.30. The maximum atomic E-state index is 12.3. The maximum absolute atomic E-state index is 12.3. The summed E-state index contributed by atoms with van der Waals surface area (Å²) in [5.41, 5.74) is 0. The highest BCUT2D eigenvalue weighted by Crippen LogP contribution is 2.19. The van der Waals surface area contributed by atoms with E-state index in [1.807, 2.05) is 7.05 Å². The summed E-state index contributed by atoms with van der Waals surface area (Å²) in [6.07, 6.45) is 6.24. The second-order valence-corrected chi connectivity index (χ2v) is 6.27. The van der Waals surface area contributed by atoms with Crippen molar-refractivity contribution in [3.05, 3.63) is 11.6 Å². The van der Waals surface area contributed by atoms with Crippen LogP contribution in [-0.2, 0) is 24.3 Å². The summed E-state index contributed by atoms with van der Waals surface area (Å²) in [5, 5.41) is 11.8. The predicted octanol–water partition coefficient (Wildman–Crippen LogP) is 0.962. The molecule has 1 saturated heterocycles. The number of aromatic nitrogens is 3. The van der Waals surface area contributed by atoms with Crippen molar-refractivity contribution in [3.63, 3.8) is 0 Å². The van der Waals surface area contributed by atoms with E-state index in [-0.39, 0.29) is 5.91 Å². The normalized spacial score (nSPS) is 18.7. The van der Waals surface area contributed by atoms with Gasteiger partial charge in [-0.15, -0.1) is 10.2 Å². The van der Waals surface area contributed by atoms with Crippen LogP contribution in [0.15, 0.2) is 0 Å². The molecule has 0 radical (unpaired) electrons. The third kappa shape index (κ3) is 3.43. The third-order valence-electron chi connectivity index (χ3n) is 4.72. The van der Waals surface area contributed by atoms with Crippen LogP contribution in [0.3, 0.4) is 0 Å². The van der Waals surface area contributed by atoms with Gasteiger partial charge < -0.3 is 14.8 Å². The quantitative estimate of drug-likeness (QED) is 0.878. The molecule has 0 aliphatic carbocycles. The van der Waals surface area contributed by atoms with Gasteiger partial charge in [0, 0.05) is 26.4 Å². The number of carbonyl (C=O) groups excluding carboxylic acids is 1. The minimum atomic E-state index is 0.226. The van der Waals surface area contributed by atoms with Gasteiger partial charge >= 0.3 is 0 Å². The molecule has 1 aromatic rings. The zero-order valence-corrected chi connectivity index (χ0v) is 12.8. The van der Waals surface area contributed by atoms with Crippen LogP contribution >= 0.6 is 0 Å². The van der Waals surface area contributed by atoms with Crippen molar-refractivity contribution >= 4 is 5.91 Å². The zero-order chi connectivity index (χ0) is 14.7. The number of nitrogens with zero attached hydrogens (tertiary/aromatic N) is 4. The number of hydrogen-bond acceptors (Lipinski definition) is 4. The molecule has 1 aromatic heterocycles. The van der Waals surface area contributed by atoms with Crippen LogP contribution < -0.4 is 5.32 Å². The molecule has 21 heavy (non-hydrogen) atoms. The molecule has 3 heterocycles. The molecular weight excluding hydrogens is 266 g/mol. The van der Waals surface area contributed by atoms with Gasteiger partial charge in [-0.25, -0.2) is 0 Å². The molecule has 1 amide bonds. The number of fused-ring (bicyclic) bond motifs is 1. The van der Waals surface area contributed by atoms with E-state index in [4.69, 9.17) is 0 Å². The van der Waals surface area contributed by atoms with E-state index in [2.05, 4.69) is 20.1 Å². The number of aryl methyl sites for hydroxylation is 1. The monoisotopic (exact) mass is 291 g/mol. The molecule has 0 bridgehead atoms. The highest BCUT2D eigenvalue weighted by molar-refractivity contribution is 5.75. The Morgan fingerprint density at radius 1 is 1.38 bits per heavy atom. The summed E-state index contributed by atoms with van der Waals surface area (Å²) in [4.78, 5) is 14.1. The van der Waals surface area contributed by atoms with Gasteiger partial charge in [-0.1, -0.05) is 0 Å². The molecule has 0 saturated carbocycles. The van der Waals surface area contributed by atoms with E-state index >= 15 is 0 Å². The van der Waals surface area contributed by atoms with Crippen molar-refractivity contribution < 1.29 is 4.79 Å². The number of amides is 1. The van der Waals surface area contributed by atoms with Crippen molar-refractivity contribution in [2.45, 2.75) is 51.6 Å². The molecule has 0 aromatic carbocycles. The van der Waals surface area contributed by atoms with Gasteiger partial charge in [-0.05, 0) is 44.7 Å². The summed E-state index contributed by atoms with van der Waals surface area (Å²) in [7, 11) is 1.88. The summed E-state index contributed by atoms with van der Waals surface area (Å²) in [6.45, 7) is 3.77. The number of carbonyl (C=O) groups is 1. The summed E-state index contributed by atoms with van der Waals surface area (Å²) in [6, 6.07) is 0. The van der Waals surface area contributed by atoms with Crippen LogP contribution in [0.4, 0.5) is 0 Å². The van der Waals surface area contributed by atoms with Gasteiger partial charge in [0.2, 0.25) is 5.91 Å². The third-order valence-corrected chi connectivity index (χ3v) is 4.72. The fourth-order valence-electron chi connectivity index (χ4n) is 3.32. The topological polar surface area (TPSA) is 63.1 Å². The van der Waals surface area contributed by atoms with E-state index in [0.29, 0.717) is 18.9 Å². The minimum Gasteiger partial charge on any atom is -0.338 e. The fraction of sp³-hybridized carbons (Fsp3) is 0.800. The van der Waals surface area contributed by atoms with Crippen molar-refractivity contribution in [3.8, 4) is 0 Å². The molecule has 0 spiro atoms. The highest BCUT2D eigenvalue weighted by atomic mass is 16.2. The fourth-order valence-corrected chi connectivity index (χ4v) is 3.32. The van der Waals surface area contributed by atoms with Gasteiger partial charge in [0.25, 0.3) is 0 Å². The lowest BCUT2D eigenvalue weighted by molar-refractivity contribution is -0.130. The smallest absolute Gasteiger partial charge is 0.222 e. The Hall–Kier alpha value is -1.43. The molecular formula is C15H25N5O. The first-order chi connectivity index (χ1) is 10.2. The van der Waals surface area contributed by atoms with Crippen LogP contribution in [0.5, 0.6) is 0 Å². The van der Waals surface area contributed by atoms with Crippen LogP contribution in [-0.4, -0.2) is 45.7 Å². The lowest BCUT2D eigenvalue weighted by Gasteiger charge is -2.23. The number of rotatable bonds is 5. The maximum Gasteiger partial charge on any atom is 0.222 e. The molecule has 1 fully saturated rings. The van der Waals surface area contributed by atoms with Gasteiger partial charge in [0.05, 0.1) is 6.54 Å². The first-order valence-corrected chi connectivity index (χ1v) is 8.09. The summed E-state index contributed by atoms with van der Waals surface area (Å²) < 4.78 is 2.16. The SMILES string of the molecule is CN(Cc1nnc2n1CCC2)C(=O)CCC1CCNCC1. The van der Waals surface area contributed by atoms with E-state index in [1.165, 1.54) is 12.8 Å². The Morgan fingerprint density at radius 2 is 2.19 bits per heavy atom. The van der Waals surface area contributed by atoms with Crippen LogP contribution in [0.2, 0.25) is 0 Å². The average molecular weight is 291 g/mol. The van der Waals surface area contributed by atoms with Gasteiger partial charge in [-0.2, -0.15) is 0 Å². The molecule has 6 nitrogen and oxygen atoms in total. The molecule has 2 aliphatic rings. The number of hydrogen-bond donors (Lipinski definition) is 1. The minimum absolute atomic E-state index is 0.226. The van der Waals surface area contributed by atoms with Gasteiger partial charge in [-0.3, -0.25) is 4.79 Å². The average Bonchev–Trinajstić information content (AvgIpc) is 3.11. The molecule has 0 unspecified atom stereocenters. The molecule has 6 heteroatoms. The van der Waals surface area contributed by atoms with E-state index in [0.717, 1.165) is 50.5 Å². The molecule has 0 atom stereocenters. The van der Waals surface area contributed by atoms with Crippen LogP contribution in [0.1, 0.15) is 43.8 Å². The van der Waals surface area contributed by atoms with Crippen molar-refractivity contribution in [2.75, 3.05) is 20.1 Å². The van der Waals surface area contributed by atoms with Crippen molar-refractivity contribution in [2.24, 2.45) is 5.92 Å². The molecule has 2 aliphatic heterocycles. The summed E-state index contributed by atoms with van der Waals surface area (Å²) >= 11 is 0. The molecule has 3 rings (SSSR count). The highest BCUT2D eigenvalue weighted by Gasteiger charge is 2.21. The summed E-state index contributed by atoms with van der Waals surface area (Å²) in [5.74, 6) is 2.94. The van der Waals surface area contributed by atoms with Crippen LogP contribution in [0.25, 0.3) is 0 Å². The van der Waals surface area contributed by atoms with Crippen molar-refractivity contribution in [1.29, 1.82) is 0 Å². The van der Waals surface area contributed by atoms with E-state index < -0.39 is 0 Å². The van der Waals surface area contributed by atoms with E-state index in [9.17, 15) is 4.79 Å². The second-order valence-electron chi connectivity index (χ2n) is 6.27. The second kappa shape index (κ2) is 6.56. The number of piperidine rings is 1. The van der Waals surface area contributed by atoms with Crippen LogP contribution in [0, 0.1) is 5.92 Å².